The molecule has 0 bridgehead atoms. The Kier molecular flexibility index (Phi) is 2.97. The molecule has 106 valence electrons. The Morgan fingerprint density at radius 3 is 2.95 bits per heavy atom. The molecular weight excluding hydrogens is 304 g/mol. The minimum absolute atomic E-state index is 0.795. The lowest BCUT2D eigenvalue weighted by molar-refractivity contribution is 0.626. The molecule has 0 saturated carbocycles. The van der Waals surface area contributed by atoms with Crippen molar-refractivity contribution in [1.82, 2.24) is 19.8 Å². The number of thioether (sulfide) groups is 1. The van der Waals surface area contributed by atoms with Crippen molar-refractivity contribution in [2.45, 2.75) is 12.7 Å². The average Bonchev–Trinajstić information content (AvgIpc) is 3.14. The molecule has 0 fully saturated rings. The molecule has 5 nitrogen and oxygen atoms in total. The first-order valence-corrected chi connectivity index (χ1v) is 8.67. The van der Waals surface area contributed by atoms with Gasteiger partial charge in [-0.15, -0.1) is 15.3 Å². The van der Waals surface area contributed by atoms with Gasteiger partial charge < -0.3 is 4.42 Å². The van der Waals surface area contributed by atoms with Gasteiger partial charge in [0.1, 0.15) is 5.58 Å². The van der Waals surface area contributed by atoms with Crippen LogP contribution in [0, 0.1) is 6.92 Å². The number of furan rings is 1. The molecule has 4 aromatic rings. The maximum atomic E-state index is 5.96. The number of para-hydroxylation sites is 1. The monoisotopic (exact) mass is 316 g/mol. The summed E-state index contributed by atoms with van der Waals surface area (Å²) >= 11 is 3.21. The van der Waals surface area contributed by atoms with Crippen LogP contribution in [-0.4, -0.2) is 26.1 Å². The highest BCUT2D eigenvalue weighted by atomic mass is 32.2. The van der Waals surface area contributed by atoms with Crippen LogP contribution in [0.2, 0.25) is 0 Å². The summed E-state index contributed by atoms with van der Waals surface area (Å²) in [5.74, 6) is 2.49. The summed E-state index contributed by atoms with van der Waals surface area (Å²) in [5, 5.41) is 14.9. The summed E-state index contributed by atoms with van der Waals surface area (Å²) in [7, 11) is 0. The van der Waals surface area contributed by atoms with Crippen LogP contribution >= 0.6 is 23.1 Å². The molecule has 0 N–H and O–H groups in total. The van der Waals surface area contributed by atoms with Gasteiger partial charge in [-0.1, -0.05) is 29.5 Å². The van der Waals surface area contributed by atoms with Crippen molar-refractivity contribution in [1.29, 1.82) is 0 Å². The predicted molar refractivity (Wildman–Crippen MR) is 85.8 cm³/mol. The number of aryl methyl sites for hydroxylation is 1. The molecule has 0 atom stereocenters. The number of nitrogens with zero attached hydrogens (tertiary/aromatic N) is 4. The molecule has 3 aromatic heterocycles. The van der Waals surface area contributed by atoms with E-state index < -0.39 is 0 Å². The van der Waals surface area contributed by atoms with Gasteiger partial charge >= 0.3 is 0 Å². The first-order chi connectivity index (χ1) is 10.3. The second kappa shape index (κ2) is 4.85. The summed E-state index contributed by atoms with van der Waals surface area (Å²) in [5.41, 5.74) is 2.00. The first-order valence-electron chi connectivity index (χ1n) is 6.46. The highest BCUT2D eigenvalue weighted by Gasteiger charge is 2.18. The molecule has 0 amide bonds. The molecular formula is C14H12N4OS2. The van der Waals surface area contributed by atoms with Gasteiger partial charge in [0, 0.05) is 10.9 Å². The lowest BCUT2D eigenvalue weighted by Gasteiger charge is -1.92. The number of rotatable bonds is 3. The standard InChI is InChI=1S/C14H12N4OS2/c1-8-9-5-3-4-6-10(9)19-12(8)13-17-18-11(7-20-2)15-16-14(18)21-13/h3-6H,7H2,1-2H3. The quantitative estimate of drug-likeness (QED) is 0.576. The topological polar surface area (TPSA) is 56.2 Å². The van der Waals surface area contributed by atoms with Crippen molar-refractivity contribution >= 4 is 39.0 Å². The third kappa shape index (κ3) is 1.96. The molecule has 0 aliphatic rings. The SMILES string of the molecule is CSCc1nnc2sc(-c3oc4ccccc4c3C)nn12. The zero-order valence-electron chi connectivity index (χ0n) is 11.5. The van der Waals surface area contributed by atoms with E-state index in [0.29, 0.717) is 0 Å². The maximum Gasteiger partial charge on any atom is 0.235 e. The Labute approximate surface area is 129 Å². The fraction of sp³-hybridized carbons (Fsp3) is 0.214. The van der Waals surface area contributed by atoms with Crippen molar-refractivity contribution in [3.63, 3.8) is 0 Å². The van der Waals surface area contributed by atoms with E-state index in [1.807, 2.05) is 29.0 Å². The van der Waals surface area contributed by atoms with E-state index >= 15 is 0 Å². The summed E-state index contributed by atoms with van der Waals surface area (Å²) in [6.45, 7) is 2.06. The van der Waals surface area contributed by atoms with Gasteiger partial charge in [-0.05, 0) is 19.2 Å². The number of hydrogen-bond acceptors (Lipinski definition) is 6. The maximum absolute atomic E-state index is 5.96. The number of hydrogen-bond donors (Lipinski definition) is 0. The van der Waals surface area contributed by atoms with E-state index in [9.17, 15) is 0 Å². The van der Waals surface area contributed by atoms with Gasteiger partial charge in [-0.25, -0.2) is 0 Å². The third-order valence-corrected chi connectivity index (χ3v) is 4.81. The van der Waals surface area contributed by atoms with Crippen molar-refractivity contribution in [3.05, 3.63) is 35.7 Å². The van der Waals surface area contributed by atoms with E-state index in [1.54, 1.807) is 11.8 Å². The van der Waals surface area contributed by atoms with E-state index in [4.69, 9.17) is 4.42 Å². The second-order valence-corrected chi connectivity index (χ2v) is 6.53. The highest BCUT2D eigenvalue weighted by Crippen LogP contribution is 2.35. The van der Waals surface area contributed by atoms with Crippen molar-refractivity contribution in [3.8, 4) is 10.8 Å². The number of benzene rings is 1. The van der Waals surface area contributed by atoms with E-state index in [0.717, 1.165) is 43.8 Å². The molecule has 1 aromatic carbocycles. The van der Waals surface area contributed by atoms with Crippen LogP contribution in [0.25, 0.3) is 26.7 Å². The van der Waals surface area contributed by atoms with Crippen molar-refractivity contribution in [2.24, 2.45) is 0 Å². The fourth-order valence-electron chi connectivity index (χ4n) is 2.35. The Bertz CT molecular complexity index is 937. The Hall–Kier alpha value is -1.86. The Balaban J connectivity index is 1.90. The Morgan fingerprint density at radius 2 is 2.14 bits per heavy atom. The minimum Gasteiger partial charge on any atom is -0.453 e. The molecule has 0 unspecified atom stereocenters. The summed E-state index contributed by atoms with van der Waals surface area (Å²) < 4.78 is 7.77. The van der Waals surface area contributed by atoms with Gasteiger partial charge in [-0.3, -0.25) is 0 Å². The van der Waals surface area contributed by atoms with Crippen LogP contribution in [0.4, 0.5) is 0 Å². The van der Waals surface area contributed by atoms with Gasteiger partial charge in [0.15, 0.2) is 16.6 Å². The molecule has 0 aliphatic carbocycles. The number of fused-ring (bicyclic) bond motifs is 2. The van der Waals surface area contributed by atoms with Gasteiger partial charge in [0.05, 0.1) is 5.75 Å². The average molecular weight is 316 g/mol. The summed E-state index contributed by atoms with van der Waals surface area (Å²) in [6, 6.07) is 8.04. The molecule has 21 heavy (non-hydrogen) atoms. The highest BCUT2D eigenvalue weighted by molar-refractivity contribution is 7.97. The largest absolute Gasteiger partial charge is 0.453 e. The zero-order valence-corrected chi connectivity index (χ0v) is 13.2. The van der Waals surface area contributed by atoms with Gasteiger partial charge in [0.25, 0.3) is 0 Å². The van der Waals surface area contributed by atoms with Crippen LogP contribution in [0.5, 0.6) is 0 Å². The minimum atomic E-state index is 0.795. The van der Waals surface area contributed by atoms with E-state index in [2.05, 4.69) is 28.3 Å². The molecule has 0 radical (unpaired) electrons. The van der Waals surface area contributed by atoms with Crippen LogP contribution in [0.1, 0.15) is 11.4 Å². The normalized spacial score (nSPS) is 11.7. The third-order valence-electron chi connectivity index (χ3n) is 3.37. The lowest BCUT2D eigenvalue weighted by atomic mass is 10.1. The summed E-state index contributed by atoms with van der Waals surface area (Å²) in [6.07, 6.45) is 2.04. The Morgan fingerprint density at radius 1 is 1.29 bits per heavy atom. The van der Waals surface area contributed by atoms with E-state index in [1.165, 1.54) is 11.3 Å². The first kappa shape index (κ1) is 12.8. The zero-order chi connectivity index (χ0) is 14.4. The predicted octanol–water partition coefficient (Wildman–Crippen LogP) is 3.77. The van der Waals surface area contributed by atoms with Crippen LogP contribution in [0.3, 0.4) is 0 Å². The van der Waals surface area contributed by atoms with Crippen LogP contribution in [-0.2, 0) is 5.75 Å². The lowest BCUT2D eigenvalue weighted by Crippen LogP contribution is -1.93. The fourth-order valence-corrected chi connectivity index (χ4v) is 3.68. The molecule has 3 heterocycles. The smallest absolute Gasteiger partial charge is 0.235 e. The van der Waals surface area contributed by atoms with Crippen LogP contribution in [0.15, 0.2) is 28.7 Å². The van der Waals surface area contributed by atoms with Gasteiger partial charge in [-0.2, -0.15) is 16.3 Å². The molecule has 4 rings (SSSR count). The number of aromatic nitrogens is 4. The molecule has 7 heteroatoms. The van der Waals surface area contributed by atoms with E-state index in [-0.39, 0.29) is 0 Å². The van der Waals surface area contributed by atoms with Crippen molar-refractivity contribution in [2.75, 3.05) is 6.26 Å². The van der Waals surface area contributed by atoms with Crippen molar-refractivity contribution < 1.29 is 4.42 Å². The summed E-state index contributed by atoms with van der Waals surface area (Å²) in [4.78, 5) is 0.800. The van der Waals surface area contributed by atoms with Gasteiger partial charge in [0.2, 0.25) is 4.96 Å². The molecule has 0 spiro atoms. The van der Waals surface area contributed by atoms with Crippen LogP contribution < -0.4 is 0 Å². The second-order valence-electron chi connectivity index (χ2n) is 4.70. The molecule has 0 aliphatic heterocycles. The molecule has 0 saturated heterocycles.